The summed E-state index contributed by atoms with van der Waals surface area (Å²) in [5.74, 6) is -0.0841. The normalized spacial score (nSPS) is 10.7. The highest BCUT2D eigenvalue weighted by Gasteiger charge is 2.00. The van der Waals surface area contributed by atoms with Crippen molar-refractivity contribution in [2.45, 2.75) is 51.4 Å². The van der Waals surface area contributed by atoms with Crippen LogP contribution in [0.25, 0.3) is 0 Å². The Hall–Kier alpha value is -1.22. The first-order chi connectivity index (χ1) is 8.74. The summed E-state index contributed by atoms with van der Waals surface area (Å²) in [6.07, 6.45) is 8.99. The van der Waals surface area contributed by atoms with E-state index in [4.69, 9.17) is 5.11 Å². The molecule has 3 heteroatoms. The summed E-state index contributed by atoms with van der Waals surface area (Å²) in [4.78, 5) is 0. The van der Waals surface area contributed by atoms with Crippen molar-refractivity contribution in [2.75, 3.05) is 6.61 Å². The molecule has 0 aromatic heterocycles. The second kappa shape index (κ2) is 8.81. The lowest BCUT2D eigenvalue weighted by atomic mass is 10.0. The second-order valence-electron chi connectivity index (χ2n) is 4.77. The maximum Gasteiger partial charge on any atom is 0.157 e. The summed E-state index contributed by atoms with van der Waals surface area (Å²) < 4.78 is 0. The molecule has 0 atom stereocenters. The van der Waals surface area contributed by atoms with Crippen molar-refractivity contribution in [1.82, 2.24) is 0 Å². The number of aromatic hydroxyl groups is 2. The zero-order valence-corrected chi connectivity index (χ0v) is 10.9. The standard InChI is InChI=1S/C15H24O3/c16-11-7-5-3-1-2-4-6-8-13-9-10-14(17)15(18)12-13/h9-10,12,16-18H,1-8,11H2. The van der Waals surface area contributed by atoms with Crippen LogP contribution < -0.4 is 0 Å². The maximum atomic E-state index is 9.35. The van der Waals surface area contributed by atoms with E-state index in [0.29, 0.717) is 6.61 Å². The average molecular weight is 252 g/mol. The molecule has 0 aliphatic carbocycles. The van der Waals surface area contributed by atoms with Crippen LogP contribution in [0.4, 0.5) is 0 Å². The van der Waals surface area contributed by atoms with Gasteiger partial charge in [-0.15, -0.1) is 0 Å². The number of hydrogen-bond donors (Lipinski definition) is 3. The molecule has 3 N–H and O–H groups in total. The van der Waals surface area contributed by atoms with E-state index in [1.807, 2.05) is 6.07 Å². The largest absolute Gasteiger partial charge is 0.504 e. The number of hydrogen-bond acceptors (Lipinski definition) is 3. The maximum absolute atomic E-state index is 9.35. The summed E-state index contributed by atoms with van der Waals surface area (Å²) in [6.45, 7) is 0.310. The van der Waals surface area contributed by atoms with E-state index in [9.17, 15) is 10.2 Å². The number of aliphatic hydroxyl groups is 1. The minimum atomic E-state index is -0.0531. The minimum Gasteiger partial charge on any atom is -0.504 e. The van der Waals surface area contributed by atoms with Gasteiger partial charge in [0.1, 0.15) is 0 Å². The predicted molar refractivity (Wildman–Crippen MR) is 72.9 cm³/mol. The van der Waals surface area contributed by atoms with Gasteiger partial charge in [0.25, 0.3) is 0 Å². The van der Waals surface area contributed by atoms with Crippen LogP contribution in [0.2, 0.25) is 0 Å². The number of benzene rings is 1. The van der Waals surface area contributed by atoms with Crippen LogP contribution in [0.15, 0.2) is 18.2 Å². The molecule has 1 aromatic rings. The lowest BCUT2D eigenvalue weighted by Crippen LogP contribution is -1.87. The van der Waals surface area contributed by atoms with Gasteiger partial charge in [-0.2, -0.15) is 0 Å². The van der Waals surface area contributed by atoms with Gasteiger partial charge in [-0.3, -0.25) is 0 Å². The van der Waals surface area contributed by atoms with Crippen LogP contribution in [-0.4, -0.2) is 21.9 Å². The SMILES string of the molecule is OCCCCCCCCCc1ccc(O)c(O)c1. The molecule has 0 heterocycles. The molecule has 0 unspecified atom stereocenters. The van der Waals surface area contributed by atoms with Gasteiger partial charge >= 0.3 is 0 Å². The van der Waals surface area contributed by atoms with Crippen LogP contribution in [0, 0.1) is 0 Å². The fourth-order valence-corrected chi connectivity index (χ4v) is 2.05. The zero-order valence-electron chi connectivity index (χ0n) is 10.9. The molecule has 102 valence electrons. The molecule has 0 aliphatic heterocycles. The summed E-state index contributed by atoms with van der Waals surface area (Å²) in [6, 6.07) is 5.03. The third-order valence-corrected chi connectivity index (χ3v) is 3.16. The Morgan fingerprint density at radius 2 is 1.33 bits per heavy atom. The third kappa shape index (κ3) is 5.92. The minimum absolute atomic E-state index is 0.0310. The van der Waals surface area contributed by atoms with Crippen molar-refractivity contribution >= 4 is 0 Å². The Kier molecular flexibility index (Phi) is 7.26. The molecule has 0 radical (unpaired) electrons. The molecule has 1 aromatic carbocycles. The Bertz CT molecular complexity index is 337. The molecular weight excluding hydrogens is 228 g/mol. The van der Waals surface area contributed by atoms with Gasteiger partial charge in [0.15, 0.2) is 11.5 Å². The van der Waals surface area contributed by atoms with Crippen LogP contribution in [-0.2, 0) is 6.42 Å². The molecule has 0 spiro atoms. The Balaban J connectivity index is 2.05. The van der Waals surface area contributed by atoms with Crippen molar-refractivity contribution in [1.29, 1.82) is 0 Å². The van der Waals surface area contributed by atoms with Crippen LogP contribution >= 0.6 is 0 Å². The number of aliphatic hydroxyl groups excluding tert-OH is 1. The molecular formula is C15H24O3. The van der Waals surface area contributed by atoms with Crippen LogP contribution in [0.5, 0.6) is 11.5 Å². The van der Waals surface area contributed by atoms with Crippen molar-refractivity contribution in [2.24, 2.45) is 0 Å². The number of aryl methyl sites for hydroxylation is 1. The lowest BCUT2D eigenvalue weighted by Gasteiger charge is -2.04. The van der Waals surface area contributed by atoms with Gasteiger partial charge in [0, 0.05) is 6.61 Å². The number of rotatable bonds is 9. The molecule has 0 bridgehead atoms. The number of phenolic OH excluding ortho intramolecular Hbond substituents is 2. The van der Waals surface area contributed by atoms with Gasteiger partial charge in [-0.25, -0.2) is 0 Å². The Labute approximate surface area is 109 Å². The fourth-order valence-electron chi connectivity index (χ4n) is 2.05. The first-order valence-electron chi connectivity index (χ1n) is 6.86. The van der Waals surface area contributed by atoms with E-state index < -0.39 is 0 Å². The van der Waals surface area contributed by atoms with E-state index in [2.05, 4.69) is 0 Å². The Morgan fingerprint density at radius 3 is 1.94 bits per heavy atom. The molecule has 0 amide bonds. The molecule has 1 rings (SSSR count). The molecule has 0 aliphatic rings. The van der Waals surface area contributed by atoms with Gasteiger partial charge in [-0.1, -0.05) is 38.2 Å². The van der Waals surface area contributed by atoms with Crippen molar-refractivity contribution < 1.29 is 15.3 Å². The van der Waals surface area contributed by atoms with Crippen LogP contribution in [0.1, 0.15) is 50.5 Å². The van der Waals surface area contributed by atoms with Crippen LogP contribution in [0.3, 0.4) is 0 Å². The van der Waals surface area contributed by atoms with Crippen molar-refractivity contribution in [3.8, 4) is 11.5 Å². The topological polar surface area (TPSA) is 60.7 Å². The fraction of sp³-hybridized carbons (Fsp3) is 0.600. The average Bonchev–Trinajstić information content (AvgIpc) is 2.37. The number of unbranched alkanes of at least 4 members (excludes halogenated alkanes) is 6. The monoisotopic (exact) mass is 252 g/mol. The molecule has 3 nitrogen and oxygen atoms in total. The summed E-state index contributed by atoms with van der Waals surface area (Å²) in [7, 11) is 0. The van der Waals surface area contributed by atoms with Crippen molar-refractivity contribution in [3.63, 3.8) is 0 Å². The Morgan fingerprint density at radius 1 is 0.722 bits per heavy atom. The van der Waals surface area contributed by atoms with Gasteiger partial charge in [0.05, 0.1) is 0 Å². The summed E-state index contributed by atoms with van der Waals surface area (Å²) in [5, 5.41) is 27.2. The van der Waals surface area contributed by atoms with Crippen molar-refractivity contribution in [3.05, 3.63) is 23.8 Å². The molecule has 0 saturated carbocycles. The van der Waals surface area contributed by atoms with E-state index in [0.717, 1.165) is 31.2 Å². The highest BCUT2D eigenvalue weighted by Crippen LogP contribution is 2.25. The third-order valence-electron chi connectivity index (χ3n) is 3.16. The smallest absolute Gasteiger partial charge is 0.157 e. The molecule has 0 fully saturated rings. The first kappa shape index (κ1) is 14.8. The van der Waals surface area contributed by atoms with E-state index >= 15 is 0 Å². The van der Waals surface area contributed by atoms with E-state index in [1.54, 1.807) is 12.1 Å². The first-order valence-corrected chi connectivity index (χ1v) is 6.86. The molecule has 0 saturated heterocycles. The van der Waals surface area contributed by atoms with E-state index in [1.165, 1.54) is 25.7 Å². The quantitative estimate of drug-likeness (QED) is 0.466. The summed E-state index contributed by atoms with van der Waals surface area (Å²) >= 11 is 0. The lowest BCUT2D eigenvalue weighted by molar-refractivity contribution is 0.282. The predicted octanol–water partition coefficient (Wildman–Crippen LogP) is 3.36. The van der Waals surface area contributed by atoms with Gasteiger partial charge in [0.2, 0.25) is 0 Å². The zero-order chi connectivity index (χ0) is 13.2. The number of phenols is 2. The van der Waals surface area contributed by atoms with Gasteiger partial charge < -0.3 is 15.3 Å². The highest BCUT2D eigenvalue weighted by atomic mass is 16.3. The van der Waals surface area contributed by atoms with E-state index in [-0.39, 0.29) is 11.5 Å². The summed E-state index contributed by atoms with van der Waals surface area (Å²) in [5.41, 5.74) is 1.07. The molecule has 18 heavy (non-hydrogen) atoms. The second-order valence-corrected chi connectivity index (χ2v) is 4.77. The highest BCUT2D eigenvalue weighted by molar-refractivity contribution is 5.40. The van der Waals surface area contributed by atoms with Gasteiger partial charge in [-0.05, 0) is 37.0 Å².